The molecule has 1 saturated carbocycles. The van der Waals surface area contributed by atoms with Gasteiger partial charge in [-0.25, -0.2) is 0 Å². The first-order valence-electron chi connectivity index (χ1n) is 8.85. The van der Waals surface area contributed by atoms with Gasteiger partial charge >= 0.3 is 0 Å². The van der Waals surface area contributed by atoms with Crippen molar-refractivity contribution < 1.29 is 4.79 Å². The van der Waals surface area contributed by atoms with Gasteiger partial charge in [-0.2, -0.15) is 0 Å². The van der Waals surface area contributed by atoms with Gasteiger partial charge in [0.2, 0.25) is 5.91 Å². The number of benzene rings is 1. The number of nitrogens with zero attached hydrogens (tertiary/aromatic N) is 1. The van der Waals surface area contributed by atoms with E-state index in [0.717, 1.165) is 25.1 Å². The van der Waals surface area contributed by atoms with E-state index in [1.165, 1.54) is 32.1 Å². The first kappa shape index (κ1) is 15.5. The van der Waals surface area contributed by atoms with Crippen LogP contribution in [0.15, 0.2) is 30.3 Å². The maximum atomic E-state index is 13.0. The van der Waals surface area contributed by atoms with E-state index in [-0.39, 0.29) is 11.9 Å². The fourth-order valence-electron chi connectivity index (χ4n) is 3.96. The molecule has 1 amide bonds. The fourth-order valence-corrected chi connectivity index (χ4v) is 3.96. The Labute approximate surface area is 134 Å². The van der Waals surface area contributed by atoms with Crippen molar-refractivity contribution in [1.82, 2.24) is 10.2 Å². The van der Waals surface area contributed by atoms with Gasteiger partial charge in [0.15, 0.2) is 0 Å². The number of hydrogen-bond acceptors (Lipinski definition) is 2. The molecule has 1 N–H and O–H groups in total. The first-order chi connectivity index (χ1) is 10.8. The average Bonchev–Trinajstić information content (AvgIpc) is 3.05. The largest absolute Gasteiger partial charge is 0.351 e. The SMILES string of the molecule is CC1CCCCC1NC(=O)C(c1ccccc1)N1CCCC1. The molecule has 0 radical (unpaired) electrons. The summed E-state index contributed by atoms with van der Waals surface area (Å²) >= 11 is 0. The third-order valence-corrected chi connectivity index (χ3v) is 5.31. The Balaban J connectivity index is 1.74. The van der Waals surface area contributed by atoms with Crippen molar-refractivity contribution in [3.05, 3.63) is 35.9 Å². The second kappa shape index (κ2) is 7.28. The molecule has 1 saturated heterocycles. The maximum absolute atomic E-state index is 13.0. The minimum Gasteiger partial charge on any atom is -0.351 e. The van der Waals surface area contributed by atoms with Crippen LogP contribution in [0.2, 0.25) is 0 Å². The van der Waals surface area contributed by atoms with Crippen molar-refractivity contribution in [3.8, 4) is 0 Å². The van der Waals surface area contributed by atoms with Crippen molar-refractivity contribution in [2.24, 2.45) is 5.92 Å². The van der Waals surface area contributed by atoms with Gasteiger partial charge in [0.25, 0.3) is 0 Å². The first-order valence-corrected chi connectivity index (χ1v) is 8.85. The highest BCUT2D eigenvalue weighted by molar-refractivity contribution is 5.83. The van der Waals surface area contributed by atoms with Gasteiger partial charge in [-0.05, 0) is 50.3 Å². The van der Waals surface area contributed by atoms with E-state index in [1.54, 1.807) is 0 Å². The Morgan fingerprint density at radius 3 is 2.45 bits per heavy atom. The molecule has 1 aromatic carbocycles. The number of carbonyl (C=O) groups excluding carboxylic acids is 1. The molecule has 22 heavy (non-hydrogen) atoms. The van der Waals surface area contributed by atoms with Crippen LogP contribution in [0.1, 0.15) is 57.1 Å². The van der Waals surface area contributed by atoms with Crippen LogP contribution < -0.4 is 5.32 Å². The van der Waals surface area contributed by atoms with Crippen molar-refractivity contribution in [1.29, 1.82) is 0 Å². The van der Waals surface area contributed by atoms with Crippen LogP contribution in [-0.4, -0.2) is 29.9 Å². The van der Waals surface area contributed by atoms with Gasteiger partial charge < -0.3 is 5.32 Å². The van der Waals surface area contributed by atoms with Crippen molar-refractivity contribution in [2.45, 2.75) is 57.5 Å². The van der Waals surface area contributed by atoms with Gasteiger partial charge in [0.1, 0.15) is 6.04 Å². The van der Waals surface area contributed by atoms with E-state index in [9.17, 15) is 4.79 Å². The zero-order valence-corrected chi connectivity index (χ0v) is 13.6. The Bertz CT molecular complexity index is 481. The molecular formula is C19H28N2O. The van der Waals surface area contributed by atoms with Gasteiger partial charge in [-0.15, -0.1) is 0 Å². The molecule has 120 valence electrons. The van der Waals surface area contributed by atoms with Crippen molar-refractivity contribution >= 4 is 5.91 Å². The summed E-state index contributed by atoms with van der Waals surface area (Å²) in [5.41, 5.74) is 1.13. The molecule has 3 heteroatoms. The van der Waals surface area contributed by atoms with Gasteiger partial charge in [-0.3, -0.25) is 9.69 Å². The molecule has 3 atom stereocenters. The number of amides is 1. The van der Waals surface area contributed by atoms with Crippen molar-refractivity contribution in [2.75, 3.05) is 13.1 Å². The summed E-state index contributed by atoms with van der Waals surface area (Å²) in [4.78, 5) is 15.3. The monoisotopic (exact) mass is 300 g/mol. The van der Waals surface area contributed by atoms with E-state index in [4.69, 9.17) is 0 Å². The molecule has 3 rings (SSSR count). The third kappa shape index (κ3) is 3.52. The summed E-state index contributed by atoms with van der Waals surface area (Å²) < 4.78 is 0. The van der Waals surface area contributed by atoms with Crippen LogP contribution in [-0.2, 0) is 4.79 Å². The Morgan fingerprint density at radius 1 is 1.09 bits per heavy atom. The molecule has 0 bridgehead atoms. The zero-order chi connectivity index (χ0) is 15.4. The topological polar surface area (TPSA) is 32.3 Å². The van der Waals surface area contributed by atoms with Crippen LogP contribution in [0.3, 0.4) is 0 Å². The number of carbonyl (C=O) groups is 1. The zero-order valence-electron chi connectivity index (χ0n) is 13.6. The summed E-state index contributed by atoms with van der Waals surface area (Å²) in [6.45, 7) is 4.35. The number of nitrogens with one attached hydrogen (secondary N) is 1. The van der Waals surface area contributed by atoms with E-state index >= 15 is 0 Å². The molecule has 1 aliphatic heterocycles. The predicted octanol–water partition coefficient (Wildman–Crippen LogP) is 3.52. The minimum atomic E-state index is -0.113. The lowest BCUT2D eigenvalue weighted by atomic mass is 9.85. The lowest BCUT2D eigenvalue weighted by molar-refractivity contribution is -0.127. The van der Waals surface area contributed by atoms with E-state index < -0.39 is 0 Å². The molecule has 1 aromatic rings. The summed E-state index contributed by atoms with van der Waals surface area (Å²) in [5.74, 6) is 0.805. The Kier molecular flexibility index (Phi) is 5.14. The predicted molar refractivity (Wildman–Crippen MR) is 89.6 cm³/mol. The van der Waals surface area contributed by atoms with Crippen molar-refractivity contribution in [3.63, 3.8) is 0 Å². The second-order valence-corrected chi connectivity index (χ2v) is 6.93. The van der Waals surface area contributed by atoms with Gasteiger partial charge in [-0.1, -0.05) is 50.1 Å². The van der Waals surface area contributed by atoms with Crippen LogP contribution >= 0.6 is 0 Å². The second-order valence-electron chi connectivity index (χ2n) is 6.93. The Morgan fingerprint density at radius 2 is 1.77 bits per heavy atom. The molecule has 3 unspecified atom stereocenters. The van der Waals surface area contributed by atoms with Crippen LogP contribution in [0.4, 0.5) is 0 Å². The number of hydrogen-bond donors (Lipinski definition) is 1. The fraction of sp³-hybridized carbons (Fsp3) is 0.632. The molecule has 3 nitrogen and oxygen atoms in total. The van der Waals surface area contributed by atoms with E-state index in [2.05, 4.69) is 29.3 Å². The average molecular weight is 300 g/mol. The molecule has 1 aliphatic carbocycles. The molecule has 1 heterocycles. The lowest BCUT2D eigenvalue weighted by Gasteiger charge is -2.33. The molecular weight excluding hydrogens is 272 g/mol. The highest BCUT2D eigenvalue weighted by Crippen LogP contribution is 2.28. The molecule has 0 aromatic heterocycles. The maximum Gasteiger partial charge on any atom is 0.242 e. The van der Waals surface area contributed by atoms with E-state index in [1.807, 2.05) is 18.2 Å². The third-order valence-electron chi connectivity index (χ3n) is 5.31. The normalized spacial score (nSPS) is 27.5. The molecule has 2 fully saturated rings. The number of rotatable bonds is 4. The molecule has 2 aliphatic rings. The summed E-state index contributed by atoms with van der Waals surface area (Å²) in [6, 6.07) is 10.5. The van der Waals surface area contributed by atoms with Crippen LogP contribution in [0.5, 0.6) is 0 Å². The highest BCUT2D eigenvalue weighted by atomic mass is 16.2. The summed E-state index contributed by atoms with van der Waals surface area (Å²) in [6.07, 6.45) is 7.34. The molecule has 0 spiro atoms. The highest BCUT2D eigenvalue weighted by Gasteiger charge is 2.32. The minimum absolute atomic E-state index is 0.113. The Hall–Kier alpha value is -1.35. The quantitative estimate of drug-likeness (QED) is 0.923. The van der Waals surface area contributed by atoms with Crippen LogP contribution in [0, 0.1) is 5.92 Å². The summed E-state index contributed by atoms with van der Waals surface area (Å²) in [5, 5.41) is 3.36. The van der Waals surface area contributed by atoms with Crippen LogP contribution in [0.25, 0.3) is 0 Å². The standard InChI is InChI=1S/C19H28N2O/c1-15-9-5-6-12-17(15)20-19(22)18(21-13-7-8-14-21)16-10-3-2-4-11-16/h2-4,10-11,15,17-18H,5-9,12-14H2,1H3,(H,20,22). The van der Waals surface area contributed by atoms with Gasteiger partial charge in [0.05, 0.1) is 0 Å². The van der Waals surface area contributed by atoms with E-state index in [0.29, 0.717) is 12.0 Å². The lowest BCUT2D eigenvalue weighted by Crippen LogP contribution is -2.46. The number of likely N-dealkylation sites (tertiary alicyclic amines) is 1. The summed E-state index contributed by atoms with van der Waals surface area (Å²) in [7, 11) is 0. The van der Waals surface area contributed by atoms with Gasteiger partial charge in [0, 0.05) is 6.04 Å². The smallest absolute Gasteiger partial charge is 0.242 e.